The van der Waals surface area contributed by atoms with Gasteiger partial charge in [0.25, 0.3) is 0 Å². The monoisotopic (exact) mass is 331 g/mol. The molecule has 0 saturated carbocycles. The van der Waals surface area contributed by atoms with Crippen molar-refractivity contribution in [3.63, 3.8) is 0 Å². The first kappa shape index (κ1) is 21.2. The van der Waals surface area contributed by atoms with E-state index in [-0.39, 0.29) is 17.9 Å². The number of benzene rings is 1. The molecule has 1 rings (SSSR count). The molecular weight excluding hydrogens is 302 g/mol. The topological polar surface area (TPSA) is 50.7 Å². The first-order valence-corrected chi connectivity index (χ1v) is 7.63. The van der Waals surface area contributed by atoms with E-state index in [1.165, 1.54) is 5.56 Å². The standard InChI is InChI=1S/C17H29NO3.ClH/c1-5-14-6-8-16(9-7-14)21-11-10-20-13-15(19)12-18-17(2,3)4;/h6-9,15,18-19H,5,10-13H2,1-4H3;1H. The van der Waals surface area contributed by atoms with Crippen LogP contribution >= 0.6 is 12.4 Å². The van der Waals surface area contributed by atoms with E-state index in [9.17, 15) is 5.11 Å². The van der Waals surface area contributed by atoms with Crippen molar-refractivity contribution in [3.05, 3.63) is 29.8 Å². The maximum absolute atomic E-state index is 9.76. The summed E-state index contributed by atoms with van der Waals surface area (Å²) in [6.07, 6.45) is 0.539. The quantitative estimate of drug-likeness (QED) is 0.683. The molecule has 128 valence electrons. The molecule has 1 aromatic rings. The number of halogens is 1. The number of hydrogen-bond donors (Lipinski definition) is 2. The molecule has 0 amide bonds. The van der Waals surface area contributed by atoms with E-state index < -0.39 is 6.10 Å². The highest BCUT2D eigenvalue weighted by Crippen LogP contribution is 2.12. The first-order valence-electron chi connectivity index (χ1n) is 7.63. The van der Waals surface area contributed by atoms with Crippen molar-refractivity contribution in [2.24, 2.45) is 0 Å². The van der Waals surface area contributed by atoms with Gasteiger partial charge < -0.3 is 19.9 Å². The molecular formula is C17H30ClNO3. The van der Waals surface area contributed by atoms with Gasteiger partial charge in [0.2, 0.25) is 0 Å². The zero-order chi connectivity index (χ0) is 15.7. The van der Waals surface area contributed by atoms with Crippen LogP contribution in [0.1, 0.15) is 33.3 Å². The first-order chi connectivity index (χ1) is 9.90. The molecule has 0 saturated heterocycles. The van der Waals surface area contributed by atoms with Gasteiger partial charge in [0.1, 0.15) is 12.4 Å². The summed E-state index contributed by atoms with van der Waals surface area (Å²) in [4.78, 5) is 0. The molecule has 22 heavy (non-hydrogen) atoms. The minimum Gasteiger partial charge on any atom is -0.491 e. The Bertz CT molecular complexity index is 390. The third-order valence-electron chi connectivity index (χ3n) is 3.01. The number of nitrogens with one attached hydrogen (secondary N) is 1. The molecule has 1 atom stereocenters. The van der Waals surface area contributed by atoms with Crippen molar-refractivity contribution < 1.29 is 14.6 Å². The van der Waals surface area contributed by atoms with Crippen LogP contribution in [0.3, 0.4) is 0 Å². The van der Waals surface area contributed by atoms with Gasteiger partial charge in [-0.05, 0) is 44.9 Å². The molecule has 0 aromatic heterocycles. The van der Waals surface area contributed by atoms with E-state index in [0.717, 1.165) is 12.2 Å². The predicted octanol–water partition coefficient (Wildman–Crippen LogP) is 2.82. The Morgan fingerprint density at radius 1 is 1.14 bits per heavy atom. The van der Waals surface area contributed by atoms with Gasteiger partial charge in [-0.25, -0.2) is 0 Å². The van der Waals surface area contributed by atoms with E-state index in [1.54, 1.807) is 0 Å². The minimum atomic E-state index is -0.493. The number of rotatable bonds is 9. The zero-order valence-electron chi connectivity index (χ0n) is 14.1. The molecule has 0 bridgehead atoms. The van der Waals surface area contributed by atoms with Gasteiger partial charge in [-0.2, -0.15) is 0 Å². The maximum atomic E-state index is 9.76. The lowest BCUT2D eigenvalue weighted by atomic mass is 10.1. The highest BCUT2D eigenvalue weighted by molar-refractivity contribution is 5.85. The summed E-state index contributed by atoms with van der Waals surface area (Å²) in [5.41, 5.74) is 1.31. The summed E-state index contributed by atoms with van der Waals surface area (Å²) < 4.78 is 11.0. The minimum absolute atomic E-state index is 0. The van der Waals surface area contributed by atoms with Gasteiger partial charge in [0.05, 0.1) is 19.3 Å². The summed E-state index contributed by atoms with van der Waals surface area (Å²) in [6.45, 7) is 10.1. The number of hydrogen-bond acceptors (Lipinski definition) is 4. The van der Waals surface area contributed by atoms with Gasteiger partial charge >= 0.3 is 0 Å². The smallest absolute Gasteiger partial charge is 0.119 e. The third-order valence-corrected chi connectivity index (χ3v) is 3.01. The fraction of sp³-hybridized carbons (Fsp3) is 0.647. The molecule has 0 heterocycles. The Morgan fingerprint density at radius 2 is 1.77 bits per heavy atom. The second-order valence-corrected chi connectivity index (χ2v) is 6.21. The van der Waals surface area contributed by atoms with Crippen LogP contribution in [-0.2, 0) is 11.2 Å². The van der Waals surface area contributed by atoms with Crippen molar-refractivity contribution in [1.29, 1.82) is 0 Å². The Morgan fingerprint density at radius 3 is 2.32 bits per heavy atom. The molecule has 1 aromatic carbocycles. The van der Waals surface area contributed by atoms with Gasteiger partial charge in [0, 0.05) is 12.1 Å². The lowest BCUT2D eigenvalue weighted by Crippen LogP contribution is -2.42. The van der Waals surface area contributed by atoms with E-state index in [0.29, 0.717) is 26.4 Å². The molecule has 0 spiro atoms. The fourth-order valence-electron chi connectivity index (χ4n) is 1.74. The van der Waals surface area contributed by atoms with Crippen molar-refractivity contribution in [3.8, 4) is 5.75 Å². The Labute approximate surface area is 140 Å². The number of β-amino-alcohol motifs (C(OH)–C–C–N with tert-alkyl or cyclic N) is 1. The predicted molar refractivity (Wildman–Crippen MR) is 93.1 cm³/mol. The Hall–Kier alpha value is -0.810. The largest absolute Gasteiger partial charge is 0.491 e. The highest BCUT2D eigenvalue weighted by Gasteiger charge is 2.11. The lowest BCUT2D eigenvalue weighted by Gasteiger charge is -2.22. The summed E-state index contributed by atoms with van der Waals surface area (Å²) in [7, 11) is 0. The molecule has 5 heteroatoms. The molecule has 0 aliphatic carbocycles. The zero-order valence-corrected chi connectivity index (χ0v) is 14.9. The SMILES string of the molecule is CCc1ccc(OCCOCC(O)CNC(C)(C)C)cc1.Cl. The van der Waals surface area contributed by atoms with E-state index >= 15 is 0 Å². The van der Waals surface area contributed by atoms with Gasteiger partial charge in [-0.1, -0.05) is 19.1 Å². The molecule has 4 nitrogen and oxygen atoms in total. The lowest BCUT2D eigenvalue weighted by molar-refractivity contribution is 0.0227. The van der Waals surface area contributed by atoms with Crippen LogP contribution in [0.4, 0.5) is 0 Å². The number of aryl methyl sites for hydroxylation is 1. The summed E-state index contributed by atoms with van der Waals surface area (Å²) in [5.74, 6) is 0.853. The summed E-state index contributed by atoms with van der Waals surface area (Å²) in [6, 6.07) is 8.08. The average Bonchev–Trinajstić information content (AvgIpc) is 2.44. The van der Waals surface area contributed by atoms with Crippen LogP contribution in [0, 0.1) is 0 Å². The van der Waals surface area contributed by atoms with Gasteiger partial charge in [0.15, 0.2) is 0 Å². The molecule has 0 radical (unpaired) electrons. The highest BCUT2D eigenvalue weighted by atomic mass is 35.5. The molecule has 0 aliphatic heterocycles. The summed E-state index contributed by atoms with van der Waals surface area (Å²) >= 11 is 0. The van der Waals surface area contributed by atoms with Crippen molar-refractivity contribution in [2.75, 3.05) is 26.4 Å². The van der Waals surface area contributed by atoms with Crippen LogP contribution in [0.5, 0.6) is 5.75 Å². The normalized spacial score (nSPS) is 12.6. The number of ether oxygens (including phenoxy) is 2. The summed E-state index contributed by atoms with van der Waals surface area (Å²) in [5, 5.41) is 13.0. The second-order valence-electron chi connectivity index (χ2n) is 6.21. The van der Waals surface area contributed by atoms with E-state index in [1.807, 2.05) is 12.1 Å². The maximum Gasteiger partial charge on any atom is 0.119 e. The van der Waals surface area contributed by atoms with Crippen molar-refractivity contribution in [2.45, 2.75) is 45.8 Å². The van der Waals surface area contributed by atoms with Gasteiger partial charge in [-0.15, -0.1) is 12.4 Å². The van der Waals surface area contributed by atoms with Gasteiger partial charge in [-0.3, -0.25) is 0 Å². The number of aliphatic hydroxyl groups excluding tert-OH is 1. The molecule has 0 fully saturated rings. The van der Waals surface area contributed by atoms with Crippen molar-refractivity contribution in [1.82, 2.24) is 5.32 Å². The average molecular weight is 332 g/mol. The van der Waals surface area contributed by atoms with Crippen LogP contribution in [0.2, 0.25) is 0 Å². The van der Waals surface area contributed by atoms with Crippen molar-refractivity contribution >= 4 is 12.4 Å². The van der Waals surface area contributed by atoms with Crippen LogP contribution < -0.4 is 10.1 Å². The van der Waals surface area contributed by atoms with E-state index in [4.69, 9.17) is 9.47 Å². The molecule has 1 unspecified atom stereocenters. The van der Waals surface area contributed by atoms with Crippen LogP contribution in [0.15, 0.2) is 24.3 Å². The Kier molecular flexibility index (Phi) is 10.4. The van der Waals surface area contributed by atoms with Crippen LogP contribution in [-0.4, -0.2) is 43.1 Å². The van der Waals surface area contributed by atoms with E-state index in [2.05, 4.69) is 45.1 Å². The Balaban J connectivity index is 0.00000441. The second kappa shape index (κ2) is 10.8. The third kappa shape index (κ3) is 10.0. The molecule has 2 N–H and O–H groups in total. The van der Waals surface area contributed by atoms with Crippen LogP contribution in [0.25, 0.3) is 0 Å². The number of aliphatic hydroxyl groups is 1. The fourth-order valence-corrected chi connectivity index (χ4v) is 1.74. The molecule has 0 aliphatic rings.